The summed E-state index contributed by atoms with van der Waals surface area (Å²) in [6.45, 7) is 4.59. The van der Waals surface area contributed by atoms with Crippen LogP contribution in [0.25, 0.3) is 0 Å². The highest BCUT2D eigenvalue weighted by molar-refractivity contribution is 9.11. The molecule has 46 heavy (non-hydrogen) atoms. The number of hydrogen-bond donors (Lipinski definition) is 2. The van der Waals surface area contributed by atoms with Crippen LogP contribution in [0.3, 0.4) is 0 Å². The van der Waals surface area contributed by atoms with Gasteiger partial charge in [0, 0.05) is 17.0 Å². The Morgan fingerprint density at radius 3 is 1.74 bits per heavy atom. The highest BCUT2D eigenvalue weighted by atomic mass is 79.9. The van der Waals surface area contributed by atoms with Gasteiger partial charge in [-0.15, -0.1) is 58.2 Å². The van der Waals surface area contributed by atoms with Crippen LogP contribution in [0.2, 0.25) is 0 Å². The van der Waals surface area contributed by atoms with Crippen molar-refractivity contribution in [2.45, 2.75) is 154 Å². The van der Waals surface area contributed by atoms with Crippen LogP contribution in [-0.4, -0.2) is 39.1 Å². The molecule has 3 heterocycles. The molecule has 14 heteroatoms. The molecule has 0 spiro atoms. The molecule has 3 aromatic rings. The fourth-order valence-electron chi connectivity index (χ4n) is 5.45. The molecule has 3 aromatic heterocycles. The molecule has 0 aliphatic heterocycles. The van der Waals surface area contributed by atoms with Crippen molar-refractivity contribution in [1.82, 2.24) is 15.0 Å². The number of sulfone groups is 1. The largest absolute Gasteiger partial charge is 0.325 e. The van der Waals surface area contributed by atoms with Crippen molar-refractivity contribution in [2.75, 3.05) is 0 Å². The molecule has 0 atom stereocenters. The van der Waals surface area contributed by atoms with Gasteiger partial charge in [0.1, 0.15) is 9.22 Å². The Bertz CT molecular complexity index is 1320. The van der Waals surface area contributed by atoms with Gasteiger partial charge in [-0.1, -0.05) is 71.6 Å². The van der Waals surface area contributed by atoms with Gasteiger partial charge in [0.25, 0.3) is 0 Å². The van der Waals surface area contributed by atoms with Gasteiger partial charge in [-0.2, -0.15) is 12.6 Å². The van der Waals surface area contributed by atoms with E-state index in [4.69, 9.17) is 5.73 Å². The number of hydrogen-bond acceptors (Lipinski definition) is 11. The molecule has 6 nitrogen and oxygen atoms in total. The maximum absolute atomic E-state index is 12.2. The third-order valence-electron chi connectivity index (χ3n) is 8.05. The van der Waals surface area contributed by atoms with Crippen molar-refractivity contribution in [1.29, 1.82) is 0 Å². The lowest BCUT2D eigenvalue weighted by Crippen LogP contribution is -2.23. The summed E-state index contributed by atoms with van der Waals surface area (Å²) in [6.07, 6.45) is 26.3. The van der Waals surface area contributed by atoms with Crippen molar-refractivity contribution in [3.63, 3.8) is 0 Å². The summed E-state index contributed by atoms with van der Waals surface area (Å²) < 4.78 is 27.4. The zero-order valence-corrected chi connectivity index (χ0v) is 34.6. The third-order valence-corrected chi connectivity index (χ3v) is 16.6. The molecule has 6 rings (SSSR count). The number of thioether (sulfide) groups is 1. The predicted molar refractivity (Wildman–Crippen MR) is 211 cm³/mol. The molecule has 262 valence electrons. The first-order chi connectivity index (χ1) is 21.7. The SMILES string of the molecule is CCc1ncc(Br)s1.CCc1ncc(SC2CCCCC2)s1.Cl.NCc1ncc(S(=O)(=O)C2CCCCC2)s1.SC1CCCCC1. The fraction of sp³-hybridized carbons (Fsp3) is 0.719. The zero-order valence-electron chi connectivity index (χ0n) is 27.2. The van der Waals surface area contributed by atoms with E-state index in [0.29, 0.717) is 15.8 Å². The zero-order chi connectivity index (χ0) is 32.5. The number of rotatable bonds is 7. The van der Waals surface area contributed by atoms with Crippen molar-refractivity contribution >= 4 is 96.6 Å². The molecule has 3 fully saturated rings. The van der Waals surface area contributed by atoms with Crippen molar-refractivity contribution < 1.29 is 8.42 Å². The second-order valence-corrected chi connectivity index (χ2v) is 21.1. The maximum atomic E-state index is 12.2. The Hall–Kier alpha value is 0.270. The monoisotopic (exact) mass is 830 g/mol. The molecule has 2 N–H and O–H groups in total. The summed E-state index contributed by atoms with van der Waals surface area (Å²) in [5.41, 5.74) is 5.44. The van der Waals surface area contributed by atoms with Crippen LogP contribution in [-0.2, 0) is 29.2 Å². The summed E-state index contributed by atoms with van der Waals surface area (Å²) >= 11 is 14.5. The van der Waals surface area contributed by atoms with Gasteiger partial charge in [0.05, 0.1) is 41.9 Å². The van der Waals surface area contributed by atoms with Gasteiger partial charge in [0.2, 0.25) is 0 Å². The van der Waals surface area contributed by atoms with E-state index < -0.39 is 9.84 Å². The lowest BCUT2D eigenvalue weighted by molar-refractivity contribution is 0.484. The van der Waals surface area contributed by atoms with E-state index in [9.17, 15) is 8.42 Å². The Morgan fingerprint density at radius 1 is 0.783 bits per heavy atom. The van der Waals surface area contributed by atoms with E-state index in [1.165, 1.54) is 96.0 Å². The van der Waals surface area contributed by atoms with Crippen LogP contribution in [0.4, 0.5) is 0 Å². The quantitative estimate of drug-likeness (QED) is 0.229. The molecule has 3 aliphatic rings. The lowest BCUT2D eigenvalue weighted by atomic mass is 10.0. The number of nitrogens with zero attached hydrogens (tertiary/aromatic N) is 3. The fourth-order valence-corrected chi connectivity index (χ4v) is 12.7. The highest BCUT2D eigenvalue weighted by Crippen LogP contribution is 2.36. The average Bonchev–Trinajstić information content (AvgIpc) is 3.85. The van der Waals surface area contributed by atoms with Gasteiger partial charge >= 0.3 is 0 Å². The van der Waals surface area contributed by atoms with Crippen LogP contribution < -0.4 is 5.73 Å². The van der Waals surface area contributed by atoms with Gasteiger partial charge in [0.15, 0.2) is 9.84 Å². The minimum Gasteiger partial charge on any atom is -0.325 e. The molecule has 0 amide bonds. The van der Waals surface area contributed by atoms with Gasteiger partial charge in [-0.3, -0.25) is 0 Å². The third kappa shape index (κ3) is 15.4. The van der Waals surface area contributed by atoms with Gasteiger partial charge in [-0.25, -0.2) is 23.4 Å². The lowest BCUT2D eigenvalue weighted by Gasteiger charge is -2.20. The molecule has 3 saturated carbocycles. The first-order valence-corrected chi connectivity index (χ1v) is 22.7. The minimum absolute atomic E-state index is 0. The van der Waals surface area contributed by atoms with Gasteiger partial charge in [-0.05, 0) is 67.3 Å². The summed E-state index contributed by atoms with van der Waals surface area (Å²) in [7, 11) is -3.15. The Balaban J connectivity index is 0.000000223. The van der Waals surface area contributed by atoms with Crippen molar-refractivity contribution in [3.8, 4) is 0 Å². The topological polar surface area (TPSA) is 98.8 Å². The number of thiazole rings is 3. The second-order valence-electron chi connectivity index (χ2n) is 11.6. The van der Waals surface area contributed by atoms with Crippen LogP contribution >= 0.6 is 86.7 Å². The standard InChI is InChI=1S/C11H17NS2.C10H16N2O2S2.C6H12S.C5H6BrNS.ClH/c1-2-10-12-8-11(14-10)13-9-6-4-3-5-7-9;11-6-9-12-7-10(15-9)16(13,14)8-4-2-1-3-5-8;7-6-4-2-1-3-5-6;1-2-5-7-3-4(6)8-5;/h8-9H,2-7H2,1H3;7-8H,1-6,11H2;6-7H,1-5H2;3H,2H2,1H3;1H. The Morgan fingerprint density at radius 2 is 1.30 bits per heavy atom. The summed E-state index contributed by atoms with van der Waals surface area (Å²) in [6, 6.07) is 0. The number of nitrogens with two attached hydrogens (primary N) is 1. The highest BCUT2D eigenvalue weighted by Gasteiger charge is 2.30. The van der Waals surface area contributed by atoms with E-state index >= 15 is 0 Å². The molecule has 0 radical (unpaired) electrons. The molecule has 0 aromatic carbocycles. The molecule has 0 unspecified atom stereocenters. The average molecular weight is 833 g/mol. The van der Waals surface area contributed by atoms with E-state index in [1.807, 2.05) is 17.5 Å². The summed E-state index contributed by atoms with van der Waals surface area (Å²) in [5.74, 6) is 0. The van der Waals surface area contributed by atoms with E-state index in [0.717, 1.165) is 59.2 Å². The van der Waals surface area contributed by atoms with Crippen molar-refractivity contribution in [3.05, 3.63) is 37.4 Å². The van der Waals surface area contributed by atoms with Gasteiger partial charge < -0.3 is 5.73 Å². The van der Waals surface area contributed by atoms with E-state index in [1.54, 1.807) is 11.3 Å². The number of thiol groups is 1. The molecular weight excluding hydrogens is 780 g/mol. The summed E-state index contributed by atoms with van der Waals surface area (Å²) in [4.78, 5) is 12.5. The molecule has 0 saturated heterocycles. The minimum atomic E-state index is -3.15. The first kappa shape index (κ1) is 42.4. The maximum Gasteiger partial charge on any atom is 0.192 e. The number of aryl methyl sites for hydroxylation is 2. The predicted octanol–water partition coefficient (Wildman–Crippen LogP) is 11.0. The molecule has 0 bridgehead atoms. The first-order valence-electron chi connectivity index (χ1n) is 16.5. The van der Waals surface area contributed by atoms with Crippen LogP contribution in [0.1, 0.15) is 125 Å². The van der Waals surface area contributed by atoms with Crippen LogP contribution in [0.5, 0.6) is 0 Å². The van der Waals surface area contributed by atoms with Crippen molar-refractivity contribution in [2.24, 2.45) is 5.73 Å². The second kappa shape index (κ2) is 23.6. The Labute approximate surface area is 314 Å². The number of halogens is 2. The van der Waals surface area contributed by atoms with Crippen LogP contribution in [0.15, 0.2) is 30.8 Å². The normalized spacial score (nSPS) is 17.8. The summed E-state index contributed by atoms with van der Waals surface area (Å²) in [5, 5.41) is 4.56. The van der Waals surface area contributed by atoms with E-state index in [2.05, 4.69) is 75.3 Å². The van der Waals surface area contributed by atoms with Crippen LogP contribution in [0, 0.1) is 0 Å². The Kier molecular flexibility index (Phi) is 21.8. The van der Waals surface area contributed by atoms with E-state index in [-0.39, 0.29) is 17.7 Å². The molecular formula is C32H52BrClN4O2S6. The molecule has 3 aliphatic carbocycles. The smallest absolute Gasteiger partial charge is 0.192 e. The number of aromatic nitrogens is 3.